The van der Waals surface area contributed by atoms with Gasteiger partial charge in [0, 0.05) is 26.1 Å². The van der Waals surface area contributed by atoms with Crippen LogP contribution in [-0.2, 0) is 17.8 Å². The Balaban J connectivity index is 1.44. The van der Waals surface area contributed by atoms with Gasteiger partial charge in [-0.15, -0.1) is 0 Å². The summed E-state index contributed by atoms with van der Waals surface area (Å²) in [6.45, 7) is 3.15. The van der Waals surface area contributed by atoms with E-state index in [0.29, 0.717) is 13.0 Å². The molecule has 27 heavy (non-hydrogen) atoms. The van der Waals surface area contributed by atoms with Crippen molar-refractivity contribution in [1.82, 2.24) is 10.2 Å². The van der Waals surface area contributed by atoms with Crippen LogP contribution in [0.15, 0.2) is 23.8 Å². The van der Waals surface area contributed by atoms with E-state index in [2.05, 4.69) is 11.4 Å². The van der Waals surface area contributed by atoms with Crippen LogP contribution in [0.4, 0.5) is 0 Å². The van der Waals surface area contributed by atoms with Gasteiger partial charge < -0.3 is 19.7 Å². The van der Waals surface area contributed by atoms with Gasteiger partial charge in [0.1, 0.15) is 0 Å². The highest BCUT2D eigenvalue weighted by Gasteiger charge is 2.22. The molecule has 1 aliphatic heterocycles. The molecule has 148 valence electrons. The highest BCUT2D eigenvalue weighted by Crippen LogP contribution is 2.33. The van der Waals surface area contributed by atoms with Crippen molar-refractivity contribution < 1.29 is 14.3 Å². The van der Waals surface area contributed by atoms with E-state index in [1.54, 1.807) is 19.8 Å². The van der Waals surface area contributed by atoms with E-state index in [9.17, 15) is 4.79 Å². The van der Waals surface area contributed by atoms with Crippen molar-refractivity contribution in [3.05, 3.63) is 34.9 Å². The Morgan fingerprint density at radius 3 is 2.56 bits per heavy atom. The minimum absolute atomic E-state index is 0.222. The summed E-state index contributed by atoms with van der Waals surface area (Å²) in [5.41, 5.74) is 3.98. The second-order valence-electron chi connectivity index (χ2n) is 7.40. The van der Waals surface area contributed by atoms with Crippen molar-refractivity contribution in [2.45, 2.75) is 51.5 Å². The molecule has 1 aliphatic carbocycles. The Morgan fingerprint density at radius 2 is 1.85 bits per heavy atom. The number of carbonyl (C=O) groups is 1. The number of carbonyl (C=O) groups excluding carboxylic acids is 1. The summed E-state index contributed by atoms with van der Waals surface area (Å²) in [4.78, 5) is 14.5. The monoisotopic (exact) mass is 372 g/mol. The van der Waals surface area contributed by atoms with Crippen LogP contribution < -0.4 is 14.8 Å². The minimum atomic E-state index is 0.222. The van der Waals surface area contributed by atoms with Crippen LogP contribution in [-0.4, -0.2) is 44.7 Å². The molecule has 3 rings (SSSR count). The minimum Gasteiger partial charge on any atom is -0.493 e. The Labute approximate surface area is 162 Å². The van der Waals surface area contributed by atoms with Gasteiger partial charge in [-0.2, -0.15) is 0 Å². The van der Waals surface area contributed by atoms with Crippen LogP contribution in [0.1, 0.15) is 49.7 Å². The topological polar surface area (TPSA) is 50.8 Å². The Hall–Kier alpha value is -2.01. The summed E-state index contributed by atoms with van der Waals surface area (Å²) in [5, 5.41) is 3.43. The maximum absolute atomic E-state index is 12.6. The van der Waals surface area contributed by atoms with E-state index in [0.717, 1.165) is 49.5 Å². The quantitative estimate of drug-likeness (QED) is 0.561. The van der Waals surface area contributed by atoms with Gasteiger partial charge in [0.2, 0.25) is 5.91 Å². The second kappa shape index (κ2) is 9.79. The third-order valence-electron chi connectivity index (χ3n) is 5.59. The van der Waals surface area contributed by atoms with E-state index < -0.39 is 0 Å². The van der Waals surface area contributed by atoms with Gasteiger partial charge in [-0.25, -0.2) is 0 Å². The number of hydrogen-bond donors (Lipinski definition) is 1. The van der Waals surface area contributed by atoms with Crippen LogP contribution in [0.5, 0.6) is 11.5 Å². The average Bonchev–Trinajstić information content (AvgIpc) is 2.72. The van der Waals surface area contributed by atoms with Crippen LogP contribution >= 0.6 is 0 Å². The lowest BCUT2D eigenvalue weighted by Gasteiger charge is -2.29. The van der Waals surface area contributed by atoms with Crippen LogP contribution in [0.25, 0.3) is 0 Å². The highest BCUT2D eigenvalue weighted by atomic mass is 16.5. The Morgan fingerprint density at radius 1 is 1.07 bits per heavy atom. The van der Waals surface area contributed by atoms with E-state index in [-0.39, 0.29) is 5.91 Å². The fourth-order valence-electron chi connectivity index (χ4n) is 3.96. The molecule has 1 amide bonds. The summed E-state index contributed by atoms with van der Waals surface area (Å²) in [6.07, 6.45) is 10.1. The molecule has 1 N–H and O–H groups in total. The lowest BCUT2D eigenvalue weighted by molar-refractivity contribution is -0.132. The first kappa shape index (κ1) is 19.7. The zero-order valence-electron chi connectivity index (χ0n) is 16.7. The van der Waals surface area contributed by atoms with Crippen molar-refractivity contribution in [2.24, 2.45) is 0 Å². The van der Waals surface area contributed by atoms with Gasteiger partial charge in [0.05, 0.1) is 14.2 Å². The number of allylic oxidation sites excluding steroid dienone is 1. The zero-order chi connectivity index (χ0) is 19.1. The van der Waals surface area contributed by atoms with Gasteiger partial charge in [-0.3, -0.25) is 4.79 Å². The molecule has 0 saturated carbocycles. The SMILES string of the molecule is COc1cc2c(cc1OC)CN(C(=O)CCNCCC1=CCCCC1)CC2. The number of hydrogen-bond acceptors (Lipinski definition) is 4. The Kier molecular flexibility index (Phi) is 7.16. The molecule has 0 bridgehead atoms. The summed E-state index contributed by atoms with van der Waals surface area (Å²) < 4.78 is 10.8. The van der Waals surface area contributed by atoms with Crippen molar-refractivity contribution >= 4 is 5.91 Å². The van der Waals surface area contributed by atoms with E-state index >= 15 is 0 Å². The number of nitrogens with one attached hydrogen (secondary N) is 1. The zero-order valence-corrected chi connectivity index (χ0v) is 16.7. The van der Waals surface area contributed by atoms with Crippen LogP contribution in [0, 0.1) is 0 Å². The van der Waals surface area contributed by atoms with Gasteiger partial charge in [0.15, 0.2) is 11.5 Å². The molecule has 1 aromatic carbocycles. The van der Waals surface area contributed by atoms with Gasteiger partial charge >= 0.3 is 0 Å². The molecule has 0 aromatic heterocycles. The largest absolute Gasteiger partial charge is 0.493 e. The first-order chi connectivity index (χ1) is 13.2. The molecule has 0 spiro atoms. The molecule has 5 nitrogen and oxygen atoms in total. The van der Waals surface area contributed by atoms with Gasteiger partial charge in [-0.05, 0) is 68.3 Å². The summed E-state index contributed by atoms with van der Waals surface area (Å²) in [6, 6.07) is 4.04. The van der Waals surface area contributed by atoms with Gasteiger partial charge in [-0.1, -0.05) is 11.6 Å². The predicted molar refractivity (Wildman–Crippen MR) is 107 cm³/mol. The highest BCUT2D eigenvalue weighted by molar-refractivity contribution is 5.76. The number of benzene rings is 1. The van der Waals surface area contributed by atoms with Crippen molar-refractivity contribution in [3.8, 4) is 11.5 Å². The number of fused-ring (bicyclic) bond motifs is 1. The second-order valence-corrected chi connectivity index (χ2v) is 7.40. The molecule has 0 saturated heterocycles. The maximum atomic E-state index is 12.6. The standard InChI is InChI=1S/C22H32N2O3/c1-26-20-14-18-10-13-24(16-19(18)15-21(20)27-2)22(25)9-12-23-11-8-17-6-4-3-5-7-17/h6,14-15,23H,3-5,7-13,16H2,1-2H3. The lowest BCUT2D eigenvalue weighted by Crippen LogP contribution is -2.37. The normalized spacial score (nSPS) is 16.5. The van der Waals surface area contributed by atoms with Gasteiger partial charge in [0.25, 0.3) is 0 Å². The van der Waals surface area contributed by atoms with Crippen molar-refractivity contribution in [3.63, 3.8) is 0 Å². The van der Waals surface area contributed by atoms with E-state index in [1.165, 1.54) is 31.2 Å². The molecule has 0 atom stereocenters. The number of rotatable bonds is 8. The van der Waals surface area contributed by atoms with E-state index in [1.807, 2.05) is 17.0 Å². The molecule has 0 radical (unpaired) electrons. The first-order valence-electron chi connectivity index (χ1n) is 10.1. The summed E-state index contributed by atoms with van der Waals surface area (Å²) >= 11 is 0. The summed E-state index contributed by atoms with van der Waals surface area (Å²) in [5.74, 6) is 1.71. The van der Waals surface area contributed by atoms with Crippen LogP contribution in [0.2, 0.25) is 0 Å². The average molecular weight is 373 g/mol. The van der Waals surface area contributed by atoms with E-state index in [4.69, 9.17) is 9.47 Å². The first-order valence-corrected chi connectivity index (χ1v) is 10.1. The smallest absolute Gasteiger partial charge is 0.224 e. The molecule has 1 aromatic rings. The number of amides is 1. The third-order valence-corrected chi connectivity index (χ3v) is 5.59. The molecule has 0 unspecified atom stereocenters. The molecule has 0 fully saturated rings. The number of nitrogens with zero attached hydrogens (tertiary/aromatic N) is 1. The van der Waals surface area contributed by atoms with Crippen molar-refractivity contribution in [1.29, 1.82) is 0 Å². The third kappa shape index (κ3) is 5.25. The molecular weight excluding hydrogens is 340 g/mol. The van der Waals surface area contributed by atoms with Crippen molar-refractivity contribution in [2.75, 3.05) is 33.9 Å². The summed E-state index contributed by atoms with van der Waals surface area (Å²) in [7, 11) is 3.30. The molecule has 2 aliphatic rings. The fourth-order valence-corrected chi connectivity index (χ4v) is 3.96. The van der Waals surface area contributed by atoms with Crippen LogP contribution in [0.3, 0.4) is 0 Å². The lowest BCUT2D eigenvalue weighted by atomic mass is 9.97. The number of ether oxygens (including phenoxy) is 2. The molecular formula is C22H32N2O3. The Bertz CT molecular complexity index is 684. The predicted octanol–water partition coefficient (Wildman–Crippen LogP) is 3.46. The number of methoxy groups -OCH3 is 2. The molecule has 5 heteroatoms. The maximum Gasteiger partial charge on any atom is 0.224 e. The fraction of sp³-hybridized carbons (Fsp3) is 0.591. The molecule has 1 heterocycles.